The third-order valence-corrected chi connectivity index (χ3v) is 2.48. The predicted octanol–water partition coefficient (Wildman–Crippen LogP) is 0.671. The number of aryl methyl sites for hydroxylation is 1. The second kappa shape index (κ2) is 3.96. The van der Waals surface area contributed by atoms with Crippen molar-refractivity contribution in [3.8, 4) is 0 Å². The Morgan fingerprint density at radius 1 is 1.62 bits per heavy atom. The number of urea groups is 1. The molecule has 1 aliphatic rings. The van der Waals surface area contributed by atoms with Crippen LogP contribution in [0, 0.1) is 12.8 Å². The maximum Gasteiger partial charge on any atom is 0.324 e. The van der Waals surface area contributed by atoms with E-state index in [0.717, 1.165) is 5.69 Å². The zero-order chi connectivity index (χ0) is 11.7. The normalized spacial score (nSPS) is 21.1. The summed E-state index contributed by atoms with van der Waals surface area (Å²) < 4.78 is 5.02. The van der Waals surface area contributed by atoms with Gasteiger partial charge in [0.2, 0.25) is 5.91 Å². The van der Waals surface area contributed by atoms with Gasteiger partial charge in [-0.3, -0.25) is 10.1 Å². The zero-order valence-electron chi connectivity index (χ0n) is 9.19. The first kappa shape index (κ1) is 10.7. The van der Waals surface area contributed by atoms with Crippen LogP contribution >= 0.6 is 0 Å². The van der Waals surface area contributed by atoms with Crippen LogP contribution in [0.15, 0.2) is 10.6 Å². The lowest BCUT2D eigenvalue weighted by Gasteiger charge is -2.29. The molecule has 0 aromatic carbocycles. The van der Waals surface area contributed by atoms with E-state index in [-0.39, 0.29) is 17.9 Å². The Kier molecular flexibility index (Phi) is 2.64. The van der Waals surface area contributed by atoms with Crippen molar-refractivity contribution < 1.29 is 14.1 Å². The molecule has 1 N–H and O–H groups in total. The quantitative estimate of drug-likeness (QED) is 0.799. The summed E-state index contributed by atoms with van der Waals surface area (Å²) in [6.07, 6.45) is 0. The number of hydrogen-bond donors (Lipinski definition) is 1. The van der Waals surface area contributed by atoms with Crippen LogP contribution in [0.2, 0.25) is 0 Å². The first-order valence-corrected chi connectivity index (χ1v) is 5.08. The Balaban J connectivity index is 2.04. The number of nitrogens with zero attached hydrogens (tertiary/aromatic N) is 2. The molecule has 1 aromatic rings. The van der Waals surface area contributed by atoms with E-state index in [1.807, 2.05) is 6.92 Å². The molecule has 1 aliphatic heterocycles. The average Bonchev–Trinajstić information content (AvgIpc) is 2.60. The minimum absolute atomic E-state index is 0.193. The molecule has 1 saturated heterocycles. The number of nitrogens with one attached hydrogen (secondary N) is 1. The predicted molar refractivity (Wildman–Crippen MR) is 54.4 cm³/mol. The standard InChI is InChI=1S/C10H13N3O3/c1-6-4-13(10(15)11-9(6)14)5-8-3-7(2)12-16-8/h3,6H,4-5H2,1-2H3,(H,11,14,15). The highest BCUT2D eigenvalue weighted by molar-refractivity contribution is 5.97. The minimum atomic E-state index is -0.378. The fourth-order valence-corrected chi connectivity index (χ4v) is 1.62. The number of carbonyl (C=O) groups excluding carboxylic acids is 2. The summed E-state index contributed by atoms with van der Waals surface area (Å²) in [6.45, 7) is 4.34. The van der Waals surface area contributed by atoms with Crippen molar-refractivity contribution in [1.29, 1.82) is 0 Å². The van der Waals surface area contributed by atoms with Crippen molar-refractivity contribution in [3.63, 3.8) is 0 Å². The van der Waals surface area contributed by atoms with Gasteiger partial charge in [-0.25, -0.2) is 4.79 Å². The van der Waals surface area contributed by atoms with E-state index in [0.29, 0.717) is 18.8 Å². The fourth-order valence-electron chi connectivity index (χ4n) is 1.62. The molecule has 1 aromatic heterocycles. The maximum atomic E-state index is 11.5. The number of amides is 3. The molecule has 2 rings (SSSR count). The maximum absolute atomic E-state index is 11.5. The smallest absolute Gasteiger partial charge is 0.324 e. The summed E-state index contributed by atoms with van der Waals surface area (Å²) in [5.74, 6) is 0.200. The molecule has 0 spiro atoms. The molecule has 86 valence electrons. The Morgan fingerprint density at radius 3 is 3.00 bits per heavy atom. The van der Waals surface area contributed by atoms with Crippen LogP contribution in [-0.2, 0) is 11.3 Å². The number of rotatable bonds is 2. The van der Waals surface area contributed by atoms with Crippen molar-refractivity contribution >= 4 is 11.9 Å². The summed E-state index contributed by atoms with van der Waals surface area (Å²) in [5.41, 5.74) is 0.775. The summed E-state index contributed by atoms with van der Waals surface area (Å²) in [7, 11) is 0. The molecule has 1 fully saturated rings. The Bertz CT molecular complexity index is 427. The van der Waals surface area contributed by atoms with E-state index in [2.05, 4.69) is 10.5 Å². The van der Waals surface area contributed by atoms with Gasteiger partial charge in [0.05, 0.1) is 18.2 Å². The molecular formula is C10H13N3O3. The number of carbonyl (C=O) groups is 2. The summed E-state index contributed by atoms with van der Waals surface area (Å²) in [4.78, 5) is 24.2. The lowest BCUT2D eigenvalue weighted by atomic mass is 10.1. The number of aromatic nitrogens is 1. The van der Waals surface area contributed by atoms with Crippen molar-refractivity contribution in [3.05, 3.63) is 17.5 Å². The Hall–Kier alpha value is -1.85. The second-order valence-electron chi connectivity index (χ2n) is 4.01. The summed E-state index contributed by atoms with van der Waals surface area (Å²) >= 11 is 0. The highest BCUT2D eigenvalue weighted by atomic mass is 16.5. The van der Waals surface area contributed by atoms with Crippen LogP contribution in [0.4, 0.5) is 4.79 Å². The van der Waals surface area contributed by atoms with Gasteiger partial charge in [0.25, 0.3) is 0 Å². The minimum Gasteiger partial charge on any atom is -0.359 e. The molecule has 2 heterocycles. The van der Waals surface area contributed by atoms with E-state index in [1.54, 1.807) is 13.0 Å². The lowest BCUT2D eigenvalue weighted by Crippen LogP contribution is -2.53. The molecule has 1 atom stereocenters. The van der Waals surface area contributed by atoms with Crippen LogP contribution < -0.4 is 5.32 Å². The SMILES string of the molecule is Cc1cc(CN2CC(C)C(=O)NC2=O)on1. The van der Waals surface area contributed by atoms with E-state index in [1.165, 1.54) is 4.90 Å². The first-order chi connectivity index (χ1) is 7.56. The van der Waals surface area contributed by atoms with Crippen LogP contribution in [0.3, 0.4) is 0 Å². The van der Waals surface area contributed by atoms with Crippen molar-refractivity contribution in [2.24, 2.45) is 5.92 Å². The molecule has 16 heavy (non-hydrogen) atoms. The molecule has 0 saturated carbocycles. The average molecular weight is 223 g/mol. The fraction of sp³-hybridized carbons (Fsp3) is 0.500. The molecule has 0 aliphatic carbocycles. The monoisotopic (exact) mass is 223 g/mol. The molecule has 1 unspecified atom stereocenters. The molecule has 0 radical (unpaired) electrons. The van der Waals surface area contributed by atoms with E-state index < -0.39 is 0 Å². The van der Waals surface area contributed by atoms with Crippen molar-refractivity contribution in [1.82, 2.24) is 15.4 Å². The second-order valence-corrected chi connectivity index (χ2v) is 4.01. The summed E-state index contributed by atoms with van der Waals surface area (Å²) in [6, 6.07) is 1.39. The van der Waals surface area contributed by atoms with Crippen molar-refractivity contribution in [2.75, 3.05) is 6.54 Å². The van der Waals surface area contributed by atoms with Crippen LogP contribution in [0.1, 0.15) is 18.4 Å². The third-order valence-electron chi connectivity index (χ3n) is 2.48. The Morgan fingerprint density at radius 2 is 2.38 bits per heavy atom. The zero-order valence-corrected chi connectivity index (χ0v) is 9.19. The van der Waals surface area contributed by atoms with Gasteiger partial charge in [0.1, 0.15) is 0 Å². The molecule has 0 bridgehead atoms. The highest BCUT2D eigenvalue weighted by Gasteiger charge is 2.29. The lowest BCUT2D eigenvalue weighted by molar-refractivity contribution is -0.125. The Labute approximate surface area is 92.6 Å². The molecule has 6 heteroatoms. The van der Waals surface area contributed by atoms with Crippen molar-refractivity contribution in [2.45, 2.75) is 20.4 Å². The van der Waals surface area contributed by atoms with Crippen LogP contribution in [-0.4, -0.2) is 28.5 Å². The van der Waals surface area contributed by atoms with Gasteiger partial charge in [-0.1, -0.05) is 12.1 Å². The van der Waals surface area contributed by atoms with Gasteiger partial charge in [-0.2, -0.15) is 0 Å². The van der Waals surface area contributed by atoms with Gasteiger partial charge >= 0.3 is 6.03 Å². The number of imide groups is 1. The van der Waals surface area contributed by atoms with Gasteiger partial charge in [-0.05, 0) is 6.92 Å². The van der Waals surface area contributed by atoms with Gasteiger partial charge in [0, 0.05) is 12.6 Å². The first-order valence-electron chi connectivity index (χ1n) is 5.08. The van der Waals surface area contributed by atoms with Crippen LogP contribution in [0.25, 0.3) is 0 Å². The molecular weight excluding hydrogens is 210 g/mol. The van der Waals surface area contributed by atoms with Gasteiger partial charge in [-0.15, -0.1) is 0 Å². The highest BCUT2D eigenvalue weighted by Crippen LogP contribution is 2.12. The van der Waals surface area contributed by atoms with Gasteiger partial charge in [0.15, 0.2) is 5.76 Å². The molecule has 6 nitrogen and oxygen atoms in total. The van der Waals surface area contributed by atoms with E-state index >= 15 is 0 Å². The van der Waals surface area contributed by atoms with Gasteiger partial charge < -0.3 is 9.42 Å². The summed E-state index contributed by atoms with van der Waals surface area (Å²) in [5, 5.41) is 6.03. The number of hydrogen-bond acceptors (Lipinski definition) is 4. The van der Waals surface area contributed by atoms with E-state index in [4.69, 9.17) is 4.52 Å². The largest absolute Gasteiger partial charge is 0.359 e. The topological polar surface area (TPSA) is 75.4 Å². The molecule has 3 amide bonds. The third kappa shape index (κ3) is 2.05. The van der Waals surface area contributed by atoms with Crippen LogP contribution in [0.5, 0.6) is 0 Å². The van der Waals surface area contributed by atoms with E-state index in [9.17, 15) is 9.59 Å².